The maximum Gasteiger partial charge on any atom is 0.228 e. The van der Waals surface area contributed by atoms with E-state index in [1.165, 1.54) is 0 Å². The average Bonchev–Trinajstić information content (AvgIpc) is 2.96. The SMILES string of the molecule is CCNC(=NCCCOCC)NCCc1nc(C(C)C)no1. The molecule has 7 nitrogen and oxygen atoms in total. The molecule has 1 rings (SSSR count). The Kier molecular flexibility index (Phi) is 9.21. The number of hydrogen-bond donors (Lipinski definition) is 2. The molecule has 0 atom stereocenters. The molecule has 0 amide bonds. The Morgan fingerprint density at radius 1 is 1.32 bits per heavy atom. The van der Waals surface area contributed by atoms with Crippen LogP contribution in [-0.2, 0) is 11.2 Å². The molecular formula is C15H29N5O2. The maximum absolute atomic E-state index is 5.30. The number of nitrogens with one attached hydrogen (secondary N) is 2. The molecule has 0 aliphatic rings. The third-order valence-corrected chi connectivity index (χ3v) is 2.90. The monoisotopic (exact) mass is 311 g/mol. The molecule has 0 spiro atoms. The van der Waals surface area contributed by atoms with Crippen LogP contribution in [0.5, 0.6) is 0 Å². The van der Waals surface area contributed by atoms with Gasteiger partial charge in [-0.2, -0.15) is 4.98 Å². The molecule has 0 saturated carbocycles. The first-order valence-corrected chi connectivity index (χ1v) is 8.09. The number of hydrogen-bond acceptors (Lipinski definition) is 5. The van der Waals surface area contributed by atoms with E-state index in [2.05, 4.69) is 25.8 Å². The molecule has 0 aromatic carbocycles. The second-order valence-corrected chi connectivity index (χ2v) is 5.19. The first-order valence-electron chi connectivity index (χ1n) is 8.09. The maximum atomic E-state index is 5.30. The fourth-order valence-electron chi connectivity index (χ4n) is 1.74. The Hall–Kier alpha value is -1.63. The first kappa shape index (κ1) is 18.4. The lowest BCUT2D eigenvalue weighted by atomic mass is 10.2. The molecule has 1 heterocycles. The average molecular weight is 311 g/mol. The van der Waals surface area contributed by atoms with Crippen molar-refractivity contribution in [1.82, 2.24) is 20.8 Å². The predicted octanol–water partition coefficient (Wildman–Crippen LogP) is 1.72. The van der Waals surface area contributed by atoms with Crippen molar-refractivity contribution in [3.8, 4) is 0 Å². The molecule has 0 saturated heterocycles. The van der Waals surface area contributed by atoms with Gasteiger partial charge in [0.15, 0.2) is 11.8 Å². The van der Waals surface area contributed by atoms with Crippen LogP contribution in [0.4, 0.5) is 0 Å². The van der Waals surface area contributed by atoms with Crippen LogP contribution in [0.2, 0.25) is 0 Å². The summed E-state index contributed by atoms with van der Waals surface area (Å²) < 4.78 is 10.5. The minimum absolute atomic E-state index is 0.287. The van der Waals surface area contributed by atoms with Gasteiger partial charge in [-0.25, -0.2) is 0 Å². The highest BCUT2D eigenvalue weighted by Crippen LogP contribution is 2.09. The van der Waals surface area contributed by atoms with Crippen molar-refractivity contribution in [2.45, 2.75) is 46.5 Å². The summed E-state index contributed by atoms with van der Waals surface area (Å²) in [7, 11) is 0. The lowest BCUT2D eigenvalue weighted by molar-refractivity contribution is 0.146. The number of ether oxygens (including phenoxy) is 1. The fourth-order valence-corrected chi connectivity index (χ4v) is 1.74. The molecule has 1 aromatic heterocycles. The zero-order valence-electron chi connectivity index (χ0n) is 14.2. The van der Waals surface area contributed by atoms with Crippen molar-refractivity contribution in [1.29, 1.82) is 0 Å². The van der Waals surface area contributed by atoms with E-state index in [0.717, 1.165) is 44.5 Å². The van der Waals surface area contributed by atoms with Crippen LogP contribution in [0.3, 0.4) is 0 Å². The molecule has 126 valence electrons. The van der Waals surface area contributed by atoms with Gasteiger partial charge in [0.05, 0.1) is 0 Å². The van der Waals surface area contributed by atoms with Crippen LogP contribution >= 0.6 is 0 Å². The van der Waals surface area contributed by atoms with Crippen molar-refractivity contribution in [3.63, 3.8) is 0 Å². The smallest absolute Gasteiger partial charge is 0.228 e. The van der Waals surface area contributed by atoms with E-state index in [0.29, 0.717) is 18.9 Å². The summed E-state index contributed by atoms with van der Waals surface area (Å²) in [6.07, 6.45) is 1.61. The Bertz CT molecular complexity index is 431. The summed E-state index contributed by atoms with van der Waals surface area (Å²) in [6.45, 7) is 11.9. The first-order chi connectivity index (χ1) is 10.7. The zero-order valence-corrected chi connectivity index (χ0v) is 14.2. The van der Waals surface area contributed by atoms with Gasteiger partial charge in [0.25, 0.3) is 0 Å². The van der Waals surface area contributed by atoms with Crippen molar-refractivity contribution in [3.05, 3.63) is 11.7 Å². The molecule has 1 aromatic rings. The van der Waals surface area contributed by atoms with Crippen LogP contribution < -0.4 is 10.6 Å². The molecule has 0 bridgehead atoms. The molecule has 2 N–H and O–H groups in total. The van der Waals surface area contributed by atoms with E-state index in [1.807, 2.05) is 27.7 Å². The second kappa shape index (κ2) is 11.0. The Balaban J connectivity index is 2.31. The molecular weight excluding hydrogens is 282 g/mol. The van der Waals surface area contributed by atoms with Crippen molar-refractivity contribution in [2.24, 2.45) is 4.99 Å². The zero-order chi connectivity index (χ0) is 16.2. The summed E-state index contributed by atoms with van der Waals surface area (Å²) in [5, 5.41) is 10.4. The van der Waals surface area contributed by atoms with Gasteiger partial charge < -0.3 is 19.9 Å². The summed E-state index contributed by atoms with van der Waals surface area (Å²) in [5.41, 5.74) is 0. The Morgan fingerprint density at radius 3 is 2.77 bits per heavy atom. The fraction of sp³-hybridized carbons (Fsp3) is 0.800. The van der Waals surface area contributed by atoms with Crippen LogP contribution in [0.15, 0.2) is 9.52 Å². The van der Waals surface area contributed by atoms with Gasteiger partial charge in [0, 0.05) is 45.2 Å². The van der Waals surface area contributed by atoms with Gasteiger partial charge in [-0.1, -0.05) is 19.0 Å². The molecule has 0 unspecified atom stereocenters. The van der Waals surface area contributed by atoms with Gasteiger partial charge in [-0.3, -0.25) is 4.99 Å². The van der Waals surface area contributed by atoms with E-state index < -0.39 is 0 Å². The van der Waals surface area contributed by atoms with Crippen molar-refractivity contribution in [2.75, 3.05) is 32.8 Å². The van der Waals surface area contributed by atoms with E-state index in [4.69, 9.17) is 9.26 Å². The quantitative estimate of drug-likeness (QED) is 0.389. The third kappa shape index (κ3) is 7.40. The van der Waals surface area contributed by atoms with Gasteiger partial charge >= 0.3 is 0 Å². The largest absolute Gasteiger partial charge is 0.382 e. The van der Waals surface area contributed by atoms with Crippen molar-refractivity contribution < 1.29 is 9.26 Å². The number of aliphatic imine (C=N–C) groups is 1. The normalized spacial score (nSPS) is 12.0. The number of rotatable bonds is 10. The van der Waals surface area contributed by atoms with E-state index in [1.54, 1.807) is 0 Å². The Morgan fingerprint density at radius 2 is 2.14 bits per heavy atom. The van der Waals surface area contributed by atoms with E-state index in [9.17, 15) is 0 Å². The van der Waals surface area contributed by atoms with Gasteiger partial charge in [-0.05, 0) is 20.3 Å². The van der Waals surface area contributed by atoms with Gasteiger partial charge in [-0.15, -0.1) is 0 Å². The van der Waals surface area contributed by atoms with Gasteiger partial charge in [0.2, 0.25) is 5.89 Å². The molecule has 0 radical (unpaired) electrons. The van der Waals surface area contributed by atoms with Gasteiger partial charge in [0.1, 0.15) is 0 Å². The molecule has 7 heteroatoms. The predicted molar refractivity (Wildman–Crippen MR) is 87.2 cm³/mol. The third-order valence-electron chi connectivity index (χ3n) is 2.90. The lowest BCUT2D eigenvalue weighted by Crippen LogP contribution is -2.38. The van der Waals surface area contributed by atoms with Crippen LogP contribution in [0.25, 0.3) is 0 Å². The summed E-state index contributed by atoms with van der Waals surface area (Å²) in [6, 6.07) is 0. The number of nitrogens with zero attached hydrogens (tertiary/aromatic N) is 3. The summed E-state index contributed by atoms with van der Waals surface area (Å²) >= 11 is 0. The lowest BCUT2D eigenvalue weighted by Gasteiger charge is -2.10. The van der Waals surface area contributed by atoms with Crippen LogP contribution in [0.1, 0.15) is 51.7 Å². The second-order valence-electron chi connectivity index (χ2n) is 5.19. The molecule has 0 aliphatic carbocycles. The number of aromatic nitrogens is 2. The standard InChI is InChI=1S/C15H29N5O2/c1-5-16-15(17-9-7-11-21-6-2)18-10-8-13-19-14(12(3)4)20-22-13/h12H,5-11H2,1-4H3,(H2,16,17,18). The highest BCUT2D eigenvalue weighted by atomic mass is 16.5. The van der Waals surface area contributed by atoms with Crippen molar-refractivity contribution >= 4 is 5.96 Å². The molecule has 22 heavy (non-hydrogen) atoms. The molecule has 0 fully saturated rings. The van der Waals surface area contributed by atoms with E-state index >= 15 is 0 Å². The minimum atomic E-state index is 0.287. The minimum Gasteiger partial charge on any atom is -0.382 e. The highest BCUT2D eigenvalue weighted by Gasteiger charge is 2.09. The van der Waals surface area contributed by atoms with E-state index in [-0.39, 0.29) is 5.92 Å². The summed E-state index contributed by atoms with van der Waals surface area (Å²) in [5.74, 6) is 2.51. The molecule has 0 aliphatic heterocycles. The Labute approximate surface area is 132 Å². The number of guanidine groups is 1. The topological polar surface area (TPSA) is 84.6 Å². The highest BCUT2D eigenvalue weighted by molar-refractivity contribution is 5.79. The van der Waals surface area contributed by atoms with Crippen LogP contribution in [-0.4, -0.2) is 48.9 Å². The van der Waals surface area contributed by atoms with Crippen LogP contribution in [0, 0.1) is 0 Å². The summed E-state index contributed by atoms with van der Waals surface area (Å²) in [4.78, 5) is 8.85.